The highest BCUT2D eigenvalue weighted by Gasteiger charge is 2.21. The first-order valence-electron chi connectivity index (χ1n) is 15.8. The Morgan fingerprint density at radius 2 is 1.09 bits per heavy atom. The fraction of sp³-hybridized carbons (Fsp3) is 0. The summed E-state index contributed by atoms with van der Waals surface area (Å²) in [5.41, 5.74) is 10.8. The summed E-state index contributed by atoms with van der Waals surface area (Å²) in [6.07, 6.45) is 0. The first-order valence-corrected chi connectivity index (χ1v) is 15.8. The number of fused-ring (bicyclic) bond motifs is 7. The highest BCUT2D eigenvalue weighted by atomic mass is 16.5. The van der Waals surface area contributed by atoms with Gasteiger partial charge in [0.2, 0.25) is 0 Å². The molecule has 0 unspecified atom stereocenters. The molecular weight excluding hydrogens is 558 g/mol. The van der Waals surface area contributed by atoms with E-state index < -0.39 is 0 Å². The molecule has 0 fully saturated rings. The molecule has 2 heterocycles. The fourth-order valence-corrected chi connectivity index (χ4v) is 7.50. The molecule has 0 N–H and O–H groups in total. The van der Waals surface area contributed by atoms with Crippen LogP contribution < -0.4 is 4.74 Å². The Morgan fingerprint density at radius 3 is 2.00 bits per heavy atom. The van der Waals surface area contributed by atoms with Gasteiger partial charge in [-0.2, -0.15) is 0 Å². The summed E-state index contributed by atoms with van der Waals surface area (Å²) in [5, 5.41) is 7.47. The molecular formula is C44H27NO. The van der Waals surface area contributed by atoms with Crippen LogP contribution in [0.2, 0.25) is 0 Å². The van der Waals surface area contributed by atoms with Gasteiger partial charge in [0, 0.05) is 27.4 Å². The molecule has 1 aromatic heterocycles. The third-order valence-corrected chi connectivity index (χ3v) is 9.60. The summed E-state index contributed by atoms with van der Waals surface area (Å²) in [7, 11) is 0. The van der Waals surface area contributed by atoms with Gasteiger partial charge >= 0.3 is 0 Å². The monoisotopic (exact) mass is 585 g/mol. The molecule has 0 amide bonds. The van der Waals surface area contributed by atoms with Crippen molar-refractivity contribution in [3.8, 4) is 50.6 Å². The molecule has 0 radical (unpaired) electrons. The zero-order valence-electron chi connectivity index (χ0n) is 24.9. The zero-order chi connectivity index (χ0) is 30.2. The number of hydrogen-bond donors (Lipinski definition) is 0. The minimum Gasteiger partial charge on any atom is -0.456 e. The van der Waals surface area contributed by atoms with Gasteiger partial charge in [0.05, 0.1) is 11.0 Å². The van der Waals surface area contributed by atoms with Crippen molar-refractivity contribution >= 4 is 43.4 Å². The average molecular weight is 586 g/mol. The maximum Gasteiger partial charge on any atom is 0.135 e. The molecule has 0 atom stereocenters. The molecule has 0 saturated carbocycles. The van der Waals surface area contributed by atoms with Crippen LogP contribution in [0.3, 0.4) is 0 Å². The number of para-hydroxylation sites is 3. The molecule has 9 aromatic rings. The number of benzene rings is 8. The molecule has 1 aliphatic heterocycles. The second-order valence-corrected chi connectivity index (χ2v) is 12.1. The summed E-state index contributed by atoms with van der Waals surface area (Å²) in [5.74, 6) is 1.83. The van der Waals surface area contributed by atoms with E-state index in [0.717, 1.165) is 17.1 Å². The van der Waals surface area contributed by atoms with E-state index in [1.54, 1.807) is 0 Å². The molecule has 214 valence electrons. The number of aromatic nitrogens is 1. The van der Waals surface area contributed by atoms with Gasteiger partial charge in [-0.3, -0.25) is 0 Å². The SMILES string of the molecule is c1ccc(-n2c3ccccc3c3c4cc(-c5ccc(-c6ccc7c8c(cccc68)-c6ccccc6O7)cc5)ccc4ccc32)cc1. The number of rotatable bonds is 3. The molecule has 2 heteroatoms. The van der Waals surface area contributed by atoms with Crippen molar-refractivity contribution in [2.45, 2.75) is 0 Å². The van der Waals surface area contributed by atoms with Crippen molar-refractivity contribution in [1.29, 1.82) is 0 Å². The molecule has 0 aliphatic carbocycles. The van der Waals surface area contributed by atoms with Crippen molar-refractivity contribution in [3.05, 3.63) is 164 Å². The summed E-state index contributed by atoms with van der Waals surface area (Å²) in [6, 6.07) is 59.0. The Morgan fingerprint density at radius 1 is 0.370 bits per heavy atom. The van der Waals surface area contributed by atoms with Crippen LogP contribution >= 0.6 is 0 Å². The molecule has 0 bridgehead atoms. The Kier molecular flexibility index (Phi) is 5.31. The molecule has 2 nitrogen and oxygen atoms in total. The van der Waals surface area contributed by atoms with E-state index in [1.165, 1.54) is 76.9 Å². The summed E-state index contributed by atoms with van der Waals surface area (Å²) >= 11 is 0. The van der Waals surface area contributed by atoms with Gasteiger partial charge in [0.15, 0.2) is 0 Å². The van der Waals surface area contributed by atoms with E-state index in [4.69, 9.17) is 4.74 Å². The van der Waals surface area contributed by atoms with Crippen molar-refractivity contribution < 1.29 is 4.74 Å². The maximum absolute atomic E-state index is 6.33. The topological polar surface area (TPSA) is 14.2 Å². The normalized spacial score (nSPS) is 12.1. The van der Waals surface area contributed by atoms with Gasteiger partial charge in [0.1, 0.15) is 11.5 Å². The Bertz CT molecular complexity index is 2650. The third kappa shape index (κ3) is 3.65. The molecule has 1 aliphatic rings. The minimum atomic E-state index is 0.914. The van der Waals surface area contributed by atoms with Crippen LogP contribution in [0.5, 0.6) is 11.5 Å². The van der Waals surface area contributed by atoms with Gasteiger partial charge < -0.3 is 9.30 Å². The standard InChI is InChI=1S/C44H27NO/c1-2-9-32(10-3-1)45-39-15-6-4-12-37(39)43-38-27-31(22-21-30(38)23-25-40(43)45)28-17-19-29(20-18-28)33-24-26-42-44-35(33)13-8-14-36(44)34-11-5-7-16-41(34)46-42/h1-27H. The molecule has 46 heavy (non-hydrogen) atoms. The number of nitrogens with zero attached hydrogens (tertiary/aromatic N) is 1. The molecule has 0 saturated heterocycles. The van der Waals surface area contributed by atoms with E-state index in [2.05, 4.69) is 156 Å². The lowest BCUT2D eigenvalue weighted by Crippen LogP contribution is -1.97. The quantitative estimate of drug-likeness (QED) is 0.201. The van der Waals surface area contributed by atoms with Crippen LogP contribution in [0.1, 0.15) is 0 Å². The highest BCUT2D eigenvalue weighted by Crippen LogP contribution is 2.48. The van der Waals surface area contributed by atoms with Crippen molar-refractivity contribution in [2.24, 2.45) is 0 Å². The molecule has 10 rings (SSSR count). The van der Waals surface area contributed by atoms with Gasteiger partial charge in [-0.25, -0.2) is 0 Å². The highest BCUT2D eigenvalue weighted by molar-refractivity contribution is 6.22. The first-order chi connectivity index (χ1) is 22.8. The van der Waals surface area contributed by atoms with E-state index >= 15 is 0 Å². The number of hydrogen-bond acceptors (Lipinski definition) is 1. The van der Waals surface area contributed by atoms with Crippen LogP contribution in [0, 0.1) is 0 Å². The largest absolute Gasteiger partial charge is 0.456 e. The summed E-state index contributed by atoms with van der Waals surface area (Å²) in [4.78, 5) is 0. The van der Waals surface area contributed by atoms with E-state index in [0.29, 0.717) is 0 Å². The Labute approximate surface area is 266 Å². The number of ether oxygens (including phenoxy) is 1. The average Bonchev–Trinajstić information content (AvgIpc) is 3.47. The van der Waals surface area contributed by atoms with Crippen LogP contribution in [-0.2, 0) is 0 Å². The third-order valence-electron chi connectivity index (χ3n) is 9.60. The fourth-order valence-electron chi connectivity index (χ4n) is 7.50. The van der Waals surface area contributed by atoms with Gasteiger partial charge in [-0.05, 0) is 86.4 Å². The Hall–Kier alpha value is -6.12. The Balaban J connectivity index is 1.10. The van der Waals surface area contributed by atoms with Crippen molar-refractivity contribution in [1.82, 2.24) is 4.57 Å². The first kappa shape index (κ1) is 25.2. The predicted octanol–water partition coefficient (Wildman–Crippen LogP) is 12.2. The van der Waals surface area contributed by atoms with Crippen molar-refractivity contribution in [3.63, 3.8) is 0 Å². The van der Waals surface area contributed by atoms with Gasteiger partial charge in [-0.1, -0.05) is 121 Å². The molecule has 0 spiro atoms. The van der Waals surface area contributed by atoms with Crippen LogP contribution in [0.25, 0.3) is 82.4 Å². The smallest absolute Gasteiger partial charge is 0.135 e. The minimum absolute atomic E-state index is 0.914. The second-order valence-electron chi connectivity index (χ2n) is 12.1. The predicted molar refractivity (Wildman–Crippen MR) is 192 cm³/mol. The lowest BCUT2D eigenvalue weighted by molar-refractivity contribution is 0.487. The lowest BCUT2D eigenvalue weighted by atomic mass is 9.90. The van der Waals surface area contributed by atoms with E-state index in [1.807, 2.05) is 12.1 Å². The van der Waals surface area contributed by atoms with Crippen LogP contribution in [-0.4, -0.2) is 4.57 Å². The molecule has 8 aromatic carbocycles. The lowest BCUT2D eigenvalue weighted by Gasteiger charge is -2.22. The zero-order valence-corrected chi connectivity index (χ0v) is 24.9. The van der Waals surface area contributed by atoms with Crippen molar-refractivity contribution in [2.75, 3.05) is 0 Å². The summed E-state index contributed by atoms with van der Waals surface area (Å²) in [6.45, 7) is 0. The van der Waals surface area contributed by atoms with Gasteiger partial charge in [-0.15, -0.1) is 0 Å². The van der Waals surface area contributed by atoms with E-state index in [-0.39, 0.29) is 0 Å². The van der Waals surface area contributed by atoms with E-state index in [9.17, 15) is 0 Å². The summed E-state index contributed by atoms with van der Waals surface area (Å²) < 4.78 is 8.72. The van der Waals surface area contributed by atoms with Gasteiger partial charge in [0.25, 0.3) is 0 Å². The van der Waals surface area contributed by atoms with Crippen LogP contribution in [0.4, 0.5) is 0 Å². The second kappa shape index (κ2) is 9.69. The van der Waals surface area contributed by atoms with Crippen LogP contribution in [0.15, 0.2) is 164 Å². The maximum atomic E-state index is 6.33.